The highest BCUT2D eigenvalue weighted by Gasteiger charge is 2.21. The molecule has 3 rings (SSSR count). The van der Waals surface area contributed by atoms with Crippen LogP contribution in [0.4, 0.5) is 17.1 Å². The van der Waals surface area contributed by atoms with E-state index in [1.165, 1.54) is 19.1 Å². The highest BCUT2D eigenvalue weighted by molar-refractivity contribution is 7.89. The first-order valence-electron chi connectivity index (χ1n) is 8.64. The molecule has 4 N–H and O–H groups in total. The molecule has 9 heteroatoms. The van der Waals surface area contributed by atoms with E-state index >= 15 is 0 Å². The number of aromatic nitrogens is 2. The Hall–Kier alpha value is -2.26. The molecular formula is C17H26N6O2S. The molecule has 1 saturated carbocycles. The van der Waals surface area contributed by atoms with E-state index in [-0.39, 0.29) is 5.75 Å². The van der Waals surface area contributed by atoms with E-state index < -0.39 is 9.84 Å². The van der Waals surface area contributed by atoms with E-state index in [0.29, 0.717) is 19.1 Å². The van der Waals surface area contributed by atoms with Gasteiger partial charge in [-0.2, -0.15) is 9.89 Å². The van der Waals surface area contributed by atoms with Crippen LogP contribution in [0.25, 0.3) is 0 Å². The first-order valence-corrected chi connectivity index (χ1v) is 10.7. The zero-order valence-corrected chi connectivity index (χ0v) is 16.0. The van der Waals surface area contributed by atoms with Crippen LogP contribution in [0.3, 0.4) is 0 Å². The molecule has 8 nitrogen and oxygen atoms in total. The fourth-order valence-corrected chi connectivity index (χ4v) is 3.59. The molecule has 2 aromatic rings. The SMILES string of the molecule is CN(CCN)c1ccc(Nn2cc(NC3CC3)cn2)cc1CS(C)(=O)=O. The van der Waals surface area contributed by atoms with Crippen LogP contribution in [0.5, 0.6) is 0 Å². The molecule has 0 atom stereocenters. The summed E-state index contributed by atoms with van der Waals surface area (Å²) in [7, 11) is -1.25. The largest absolute Gasteiger partial charge is 0.380 e. The third kappa shape index (κ3) is 5.12. The van der Waals surface area contributed by atoms with Gasteiger partial charge >= 0.3 is 0 Å². The lowest BCUT2D eigenvalue weighted by molar-refractivity contribution is 0.601. The van der Waals surface area contributed by atoms with Gasteiger partial charge in [0.05, 0.1) is 29.5 Å². The fourth-order valence-electron chi connectivity index (χ4n) is 2.79. The monoisotopic (exact) mass is 378 g/mol. The number of nitrogens with zero attached hydrogens (tertiary/aromatic N) is 3. The Labute approximate surface area is 154 Å². The van der Waals surface area contributed by atoms with Crippen LogP contribution >= 0.6 is 0 Å². The predicted octanol–water partition coefficient (Wildman–Crippen LogP) is 1.27. The van der Waals surface area contributed by atoms with E-state index in [1.807, 2.05) is 36.3 Å². The van der Waals surface area contributed by atoms with Gasteiger partial charge in [0.2, 0.25) is 0 Å². The van der Waals surface area contributed by atoms with Crippen LogP contribution in [0.1, 0.15) is 18.4 Å². The minimum atomic E-state index is -3.16. The van der Waals surface area contributed by atoms with Crippen molar-refractivity contribution in [2.45, 2.75) is 24.6 Å². The second-order valence-corrected chi connectivity index (χ2v) is 8.97. The van der Waals surface area contributed by atoms with Crippen molar-refractivity contribution in [2.24, 2.45) is 5.73 Å². The maximum atomic E-state index is 11.8. The van der Waals surface area contributed by atoms with Gasteiger partial charge in [0.25, 0.3) is 0 Å². The van der Waals surface area contributed by atoms with E-state index in [9.17, 15) is 8.42 Å². The van der Waals surface area contributed by atoms with Gasteiger partial charge in [-0.05, 0) is 36.6 Å². The van der Waals surface area contributed by atoms with Crippen LogP contribution in [-0.2, 0) is 15.6 Å². The van der Waals surface area contributed by atoms with E-state index in [4.69, 9.17) is 5.73 Å². The molecule has 1 aromatic heterocycles. The Morgan fingerprint density at radius 2 is 2.12 bits per heavy atom. The molecule has 1 heterocycles. The maximum absolute atomic E-state index is 11.8. The molecule has 1 aromatic carbocycles. The topological polar surface area (TPSA) is 105 Å². The van der Waals surface area contributed by atoms with Gasteiger partial charge in [-0.1, -0.05) is 0 Å². The minimum absolute atomic E-state index is 0.0274. The lowest BCUT2D eigenvalue weighted by Gasteiger charge is -2.22. The van der Waals surface area contributed by atoms with E-state index in [0.717, 1.165) is 22.6 Å². The lowest BCUT2D eigenvalue weighted by Crippen LogP contribution is -2.26. The number of nitrogens with two attached hydrogens (primary N) is 1. The molecule has 0 amide bonds. The molecule has 0 aliphatic heterocycles. The number of benzene rings is 1. The van der Waals surface area contributed by atoms with Crippen molar-refractivity contribution >= 4 is 26.9 Å². The normalized spacial score (nSPS) is 14.3. The first kappa shape index (κ1) is 18.5. The van der Waals surface area contributed by atoms with Crippen LogP contribution in [-0.4, -0.2) is 50.7 Å². The maximum Gasteiger partial charge on any atom is 0.151 e. The average molecular weight is 379 g/mol. The quantitative estimate of drug-likeness (QED) is 0.603. The molecule has 1 aliphatic rings. The van der Waals surface area contributed by atoms with Crippen molar-refractivity contribution in [1.82, 2.24) is 9.89 Å². The summed E-state index contributed by atoms with van der Waals surface area (Å²) >= 11 is 0. The molecule has 0 spiro atoms. The van der Waals surface area contributed by atoms with Gasteiger partial charge in [0, 0.05) is 38.1 Å². The van der Waals surface area contributed by atoms with Crippen LogP contribution in [0.2, 0.25) is 0 Å². The molecule has 0 radical (unpaired) electrons. The van der Waals surface area contributed by atoms with Gasteiger partial charge in [-0.3, -0.25) is 5.43 Å². The van der Waals surface area contributed by atoms with Gasteiger partial charge in [0.15, 0.2) is 9.84 Å². The zero-order chi connectivity index (χ0) is 18.7. The lowest BCUT2D eigenvalue weighted by atomic mass is 10.1. The zero-order valence-electron chi connectivity index (χ0n) is 15.1. The fraction of sp³-hybridized carbons (Fsp3) is 0.471. The number of anilines is 3. The molecule has 0 unspecified atom stereocenters. The van der Waals surface area contributed by atoms with Crippen molar-refractivity contribution in [3.8, 4) is 0 Å². The van der Waals surface area contributed by atoms with Crippen molar-refractivity contribution in [3.05, 3.63) is 36.2 Å². The Morgan fingerprint density at radius 1 is 1.35 bits per heavy atom. The number of hydrogen-bond acceptors (Lipinski definition) is 7. The standard InChI is InChI=1S/C17H26N6O2S/c1-22(8-7-18)17-6-5-15(9-13(17)12-26(2,24)25)21-23-11-16(10-19-23)20-14-3-4-14/h5-6,9-11,14,20-21H,3-4,7-8,12,18H2,1-2H3. The van der Waals surface area contributed by atoms with E-state index in [1.54, 1.807) is 11.0 Å². The summed E-state index contributed by atoms with van der Waals surface area (Å²) in [5.41, 5.74) is 12.1. The van der Waals surface area contributed by atoms with Crippen LogP contribution in [0, 0.1) is 0 Å². The van der Waals surface area contributed by atoms with Gasteiger partial charge in [-0.25, -0.2) is 8.42 Å². The second-order valence-electron chi connectivity index (χ2n) is 6.83. The van der Waals surface area contributed by atoms with Gasteiger partial charge in [0.1, 0.15) is 0 Å². The summed E-state index contributed by atoms with van der Waals surface area (Å²) in [6, 6.07) is 6.22. The number of rotatable bonds is 9. The Morgan fingerprint density at radius 3 is 2.77 bits per heavy atom. The number of hydrogen-bond donors (Lipinski definition) is 3. The average Bonchev–Trinajstić information content (AvgIpc) is 3.24. The summed E-state index contributed by atoms with van der Waals surface area (Å²) in [5.74, 6) is -0.0274. The molecule has 1 fully saturated rings. The smallest absolute Gasteiger partial charge is 0.151 e. The highest BCUT2D eigenvalue weighted by atomic mass is 32.2. The first-order chi connectivity index (χ1) is 12.3. The summed E-state index contributed by atoms with van der Waals surface area (Å²) in [6.45, 7) is 1.15. The summed E-state index contributed by atoms with van der Waals surface area (Å²) in [5, 5.41) is 7.66. The van der Waals surface area contributed by atoms with Crippen LogP contribution in [0.15, 0.2) is 30.6 Å². The summed E-state index contributed by atoms with van der Waals surface area (Å²) < 4.78 is 23.7. The van der Waals surface area contributed by atoms with E-state index in [2.05, 4.69) is 15.8 Å². The van der Waals surface area contributed by atoms with Crippen molar-refractivity contribution < 1.29 is 8.42 Å². The van der Waals surface area contributed by atoms with Gasteiger partial charge in [-0.15, -0.1) is 0 Å². The minimum Gasteiger partial charge on any atom is -0.380 e. The Kier molecular flexibility index (Phi) is 5.38. The number of likely N-dealkylation sites (N-methyl/N-ethyl adjacent to an activating group) is 1. The van der Waals surface area contributed by atoms with Crippen molar-refractivity contribution in [3.63, 3.8) is 0 Å². The van der Waals surface area contributed by atoms with Gasteiger partial charge < -0.3 is 16.0 Å². The molecule has 0 saturated heterocycles. The van der Waals surface area contributed by atoms with Crippen molar-refractivity contribution in [2.75, 3.05) is 42.0 Å². The second kappa shape index (κ2) is 7.55. The highest BCUT2D eigenvalue weighted by Crippen LogP contribution is 2.26. The summed E-state index contributed by atoms with van der Waals surface area (Å²) in [4.78, 5) is 3.59. The van der Waals surface area contributed by atoms with Crippen LogP contribution < -0.4 is 21.4 Å². The molecule has 0 bridgehead atoms. The molecule has 1 aliphatic carbocycles. The number of sulfone groups is 1. The summed E-state index contributed by atoms with van der Waals surface area (Å²) in [6.07, 6.45) is 7.29. The molecular weight excluding hydrogens is 352 g/mol. The third-order valence-corrected chi connectivity index (χ3v) is 4.98. The Balaban J connectivity index is 1.80. The Bertz CT molecular complexity index is 860. The predicted molar refractivity (Wildman–Crippen MR) is 105 cm³/mol. The number of nitrogens with one attached hydrogen (secondary N) is 2. The molecule has 142 valence electrons. The van der Waals surface area contributed by atoms with Crippen molar-refractivity contribution in [1.29, 1.82) is 0 Å². The molecule has 26 heavy (non-hydrogen) atoms. The third-order valence-electron chi connectivity index (χ3n) is 4.15.